The van der Waals surface area contributed by atoms with Gasteiger partial charge in [-0.15, -0.1) is 12.4 Å². The van der Waals surface area contributed by atoms with Crippen LogP contribution in [0.15, 0.2) is 24.3 Å². The van der Waals surface area contributed by atoms with Gasteiger partial charge in [0.2, 0.25) is 5.91 Å². The van der Waals surface area contributed by atoms with Crippen LogP contribution >= 0.6 is 12.4 Å². The molecule has 0 saturated carbocycles. The summed E-state index contributed by atoms with van der Waals surface area (Å²) in [4.78, 5) is 11.9. The first-order chi connectivity index (χ1) is 11.2. The summed E-state index contributed by atoms with van der Waals surface area (Å²) in [5, 5.41) is 2.83. The molecule has 1 amide bonds. The number of nitrogens with two attached hydrogens (primary N) is 1. The summed E-state index contributed by atoms with van der Waals surface area (Å²) in [6.45, 7) is 2.93. The van der Waals surface area contributed by atoms with Crippen molar-refractivity contribution in [1.29, 1.82) is 0 Å². The Bertz CT molecular complexity index is 573. The Morgan fingerprint density at radius 3 is 2.56 bits per heavy atom. The van der Waals surface area contributed by atoms with Crippen molar-refractivity contribution in [3.8, 4) is 0 Å². The molecule has 0 aliphatic carbocycles. The van der Waals surface area contributed by atoms with Crippen LogP contribution in [0.4, 0.5) is 13.2 Å². The van der Waals surface area contributed by atoms with Crippen LogP contribution in [-0.2, 0) is 21.1 Å². The Kier molecular flexibility index (Phi) is 7.71. The van der Waals surface area contributed by atoms with Crippen molar-refractivity contribution in [3.63, 3.8) is 0 Å². The van der Waals surface area contributed by atoms with E-state index in [1.807, 2.05) is 0 Å². The highest BCUT2D eigenvalue weighted by molar-refractivity contribution is 5.85. The van der Waals surface area contributed by atoms with Gasteiger partial charge in [0.05, 0.1) is 5.56 Å². The molecule has 1 aliphatic heterocycles. The smallest absolute Gasteiger partial charge is 0.381 e. The van der Waals surface area contributed by atoms with Crippen molar-refractivity contribution in [2.75, 3.05) is 19.8 Å². The fourth-order valence-corrected chi connectivity index (χ4v) is 2.99. The molecule has 3 N–H and O–H groups in total. The zero-order valence-electron chi connectivity index (χ0n) is 14.1. The maximum absolute atomic E-state index is 13.0. The number of ether oxygens (including phenoxy) is 1. The van der Waals surface area contributed by atoms with Gasteiger partial charge in [-0.3, -0.25) is 4.79 Å². The molecule has 1 saturated heterocycles. The minimum atomic E-state index is -4.39. The molecular formula is C17H24ClF3N2O2. The molecule has 1 atom stereocenters. The summed E-state index contributed by atoms with van der Waals surface area (Å²) in [5.74, 6) is -0.192. The van der Waals surface area contributed by atoms with Crippen LogP contribution < -0.4 is 11.1 Å². The van der Waals surface area contributed by atoms with E-state index in [0.717, 1.165) is 6.07 Å². The van der Waals surface area contributed by atoms with Gasteiger partial charge in [0.15, 0.2) is 0 Å². The van der Waals surface area contributed by atoms with E-state index in [2.05, 4.69) is 5.32 Å². The third-order valence-electron chi connectivity index (χ3n) is 4.38. The molecule has 4 nitrogen and oxygen atoms in total. The van der Waals surface area contributed by atoms with Gasteiger partial charge in [-0.2, -0.15) is 13.2 Å². The number of hydrogen-bond acceptors (Lipinski definition) is 3. The fraction of sp³-hybridized carbons (Fsp3) is 0.588. The molecular weight excluding hydrogens is 357 g/mol. The Labute approximate surface area is 151 Å². The van der Waals surface area contributed by atoms with Crippen LogP contribution in [0.5, 0.6) is 0 Å². The second kappa shape index (κ2) is 8.87. The van der Waals surface area contributed by atoms with Crippen LogP contribution in [0.2, 0.25) is 0 Å². The van der Waals surface area contributed by atoms with E-state index in [1.165, 1.54) is 12.1 Å². The molecule has 1 aromatic carbocycles. The number of alkyl halides is 3. The van der Waals surface area contributed by atoms with Gasteiger partial charge >= 0.3 is 6.18 Å². The highest BCUT2D eigenvalue weighted by atomic mass is 35.5. The van der Waals surface area contributed by atoms with Crippen LogP contribution in [0.3, 0.4) is 0 Å². The largest absolute Gasteiger partial charge is 0.416 e. The first-order valence-electron chi connectivity index (χ1n) is 8.01. The van der Waals surface area contributed by atoms with Crippen LogP contribution in [-0.4, -0.2) is 31.7 Å². The maximum atomic E-state index is 13.0. The van der Waals surface area contributed by atoms with E-state index in [9.17, 15) is 18.0 Å². The predicted octanol–water partition coefficient (Wildman–Crippen LogP) is 3.03. The molecule has 1 heterocycles. The van der Waals surface area contributed by atoms with Gasteiger partial charge in [0.1, 0.15) is 0 Å². The van der Waals surface area contributed by atoms with Crippen LogP contribution in [0.25, 0.3) is 0 Å². The second-order valence-electron chi connectivity index (χ2n) is 6.43. The van der Waals surface area contributed by atoms with E-state index < -0.39 is 17.2 Å². The third-order valence-corrected chi connectivity index (χ3v) is 4.38. The van der Waals surface area contributed by atoms with Gasteiger partial charge in [-0.1, -0.05) is 18.2 Å². The zero-order valence-corrected chi connectivity index (χ0v) is 14.9. The van der Waals surface area contributed by atoms with Crippen molar-refractivity contribution >= 4 is 18.3 Å². The molecule has 0 radical (unpaired) electrons. The van der Waals surface area contributed by atoms with Gasteiger partial charge in [-0.25, -0.2) is 0 Å². The lowest BCUT2D eigenvalue weighted by Crippen LogP contribution is -2.45. The Hall–Kier alpha value is -1.31. The Morgan fingerprint density at radius 2 is 2.00 bits per heavy atom. The summed E-state index contributed by atoms with van der Waals surface area (Å²) in [6, 6.07) is 5.09. The predicted molar refractivity (Wildman–Crippen MR) is 91.7 cm³/mol. The average Bonchev–Trinajstić information content (AvgIpc) is 2.53. The highest BCUT2D eigenvalue weighted by Gasteiger charge is 2.37. The lowest BCUT2D eigenvalue weighted by atomic mass is 9.73. The van der Waals surface area contributed by atoms with E-state index in [1.54, 1.807) is 13.0 Å². The number of halogens is 4. The fourth-order valence-electron chi connectivity index (χ4n) is 2.99. The monoisotopic (exact) mass is 380 g/mol. The van der Waals surface area contributed by atoms with Crippen LogP contribution in [0.1, 0.15) is 37.3 Å². The third kappa shape index (κ3) is 5.87. The van der Waals surface area contributed by atoms with Crippen molar-refractivity contribution < 1.29 is 22.7 Å². The zero-order chi connectivity index (χ0) is 17.8. The molecule has 0 bridgehead atoms. The SMILES string of the molecule is CC(N)CC(=O)NCC1(c2cccc(C(F)(F)F)c2)CCOCC1.Cl. The minimum Gasteiger partial charge on any atom is -0.381 e. The van der Waals surface area contributed by atoms with E-state index in [0.29, 0.717) is 31.6 Å². The normalized spacial score (nSPS) is 18.1. The molecule has 1 fully saturated rings. The highest BCUT2D eigenvalue weighted by Crippen LogP contribution is 2.37. The quantitative estimate of drug-likeness (QED) is 0.825. The van der Waals surface area contributed by atoms with Gasteiger partial charge in [-0.05, 0) is 31.4 Å². The van der Waals surface area contributed by atoms with E-state index in [-0.39, 0.29) is 37.3 Å². The van der Waals surface area contributed by atoms with Crippen LogP contribution in [0, 0.1) is 0 Å². The summed E-state index contributed by atoms with van der Waals surface area (Å²) >= 11 is 0. The number of hydrogen-bond donors (Lipinski definition) is 2. The number of rotatable bonds is 5. The summed E-state index contributed by atoms with van der Waals surface area (Å²) in [5.41, 5.74) is 4.97. The Balaban J connectivity index is 0.00000312. The molecule has 1 aliphatic rings. The minimum absolute atomic E-state index is 0. The van der Waals surface area contributed by atoms with Crippen molar-refractivity contribution in [2.45, 2.75) is 43.8 Å². The van der Waals surface area contributed by atoms with Gasteiger partial charge in [0.25, 0.3) is 0 Å². The first-order valence-corrected chi connectivity index (χ1v) is 8.01. The first kappa shape index (κ1) is 21.7. The molecule has 25 heavy (non-hydrogen) atoms. The molecule has 0 aromatic heterocycles. The lowest BCUT2D eigenvalue weighted by Gasteiger charge is -2.38. The lowest BCUT2D eigenvalue weighted by molar-refractivity contribution is -0.137. The molecule has 142 valence electrons. The maximum Gasteiger partial charge on any atom is 0.416 e. The second-order valence-corrected chi connectivity index (χ2v) is 6.43. The number of amides is 1. The average molecular weight is 381 g/mol. The summed E-state index contributed by atoms with van der Waals surface area (Å²) in [7, 11) is 0. The topological polar surface area (TPSA) is 64.4 Å². The van der Waals surface area contributed by atoms with Gasteiger partial charge in [0, 0.05) is 37.6 Å². The number of nitrogens with one attached hydrogen (secondary N) is 1. The summed E-state index contributed by atoms with van der Waals surface area (Å²) < 4.78 is 44.4. The number of benzene rings is 1. The molecule has 1 unspecified atom stereocenters. The molecule has 8 heteroatoms. The Morgan fingerprint density at radius 1 is 1.36 bits per heavy atom. The van der Waals surface area contributed by atoms with Gasteiger partial charge < -0.3 is 15.8 Å². The standard InChI is InChI=1S/C17H23F3N2O2.ClH/c1-12(21)9-15(23)22-11-16(5-7-24-8-6-16)13-3-2-4-14(10-13)17(18,19)20;/h2-4,10,12H,5-9,11,21H2,1H3,(H,22,23);1H. The molecule has 2 rings (SSSR count). The molecule has 0 spiro atoms. The number of carbonyl (C=O) groups excluding carboxylic acids is 1. The van der Waals surface area contributed by atoms with Crippen molar-refractivity contribution in [2.24, 2.45) is 5.73 Å². The summed E-state index contributed by atoms with van der Waals surface area (Å²) in [6.07, 6.45) is -3.07. The van der Waals surface area contributed by atoms with E-state index in [4.69, 9.17) is 10.5 Å². The number of carbonyl (C=O) groups is 1. The van der Waals surface area contributed by atoms with E-state index >= 15 is 0 Å². The van der Waals surface area contributed by atoms with Crippen molar-refractivity contribution in [3.05, 3.63) is 35.4 Å². The van der Waals surface area contributed by atoms with Crippen molar-refractivity contribution in [1.82, 2.24) is 5.32 Å². The molecule has 1 aromatic rings.